The van der Waals surface area contributed by atoms with Gasteiger partial charge in [-0.3, -0.25) is 0 Å². The molecule has 16 heavy (non-hydrogen) atoms. The fourth-order valence-electron chi connectivity index (χ4n) is 1.98. The summed E-state index contributed by atoms with van der Waals surface area (Å²) in [5, 5.41) is 0. The molecule has 1 aromatic heterocycles. The second-order valence-corrected chi connectivity index (χ2v) is 4.49. The van der Waals surface area contributed by atoms with Gasteiger partial charge in [0.25, 0.3) is 0 Å². The maximum atomic E-state index is 2.33. The van der Waals surface area contributed by atoms with Crippen LogP contribution in [-0.2, 0) is 6.54 Å². The van der Waals surface area contributed by atoms with E-state index in [9.17, 15) is 0 Å². The number of aryl methyl sites for hydroxylation is 1. The second kappa shape index (κ2) is 8.74. The Labute approximate surface area is 111 Å². The van der Waals surface area contributed by atoms with Crippen molar-refractivity contribution in [2.24, 2.45) is 5.92 Å². The highest BCUT2D eigenvalue weighted by molar-refractivity contribution is 5.01. The summed E-state index contributed by atoms with van der Waals surface area (Å²) in [5.41, 5.74) is 1.35. The van der Waals surface area contributed by atoms with Crippen molar-refractivity contribution in [2.75, 3.05) is 0 Å². The maximum absolute atomic E-state index is 2.33. The summed E-state index contributed by atoms with van der Waals surface area (Å²) in [7, 11) is 0. The van der Waals surface area contributed by atoms with Crippen molar-refractivity contribution < 1.29 is 21.5 Å². The molecule has 0 aliphatic heterocycles. The highest BCUT2D eigenvalue weighted by Crippen LogP contribution is 2.12. The highest BCUT2D eigenvalue weighted by atomic mass is 79.9. The number of hydrogen-bond donors (Lipinski definition) is 0. The lowest BCUT2D eigenvalue weighted by molar-refractivity contribution is -0.703. The van der Waals surface area contributed by atoms with Crippen molar-refractivity contribution in [2.45, 2.75) is 53.0 Å². The van der Waals surface area contributed by atoms with Crippen LogP contribution >= 0.6 is 0 Å². The normalized spacial score (nSPS) is 11.9. The zero-order chi connectivity index (χ0) is 11.1. The lowest BCUT2D eigenvalue weighted by atomic mass is 9.99. The number of aromatic nitrogens is 1. The van der Waals surface area contributed by atoms with Crippen LogP contribution in [0.15, 0.2) is 24.5 Å². The van der Waals surface area contributed by atoms with Crippen molar-refractivity contribution >= 4 is 0 Å². The first-order valence-corrected chi connectivity index (χ1v) is 6.22. The maximum Gasteiger partial charge on any atom is 0.171 e. The van der Waals surface area contributed by atoms with E-state index in [1.54, 1.807) is 0 Å². The molecule has 1 rings (SSSR count). The molecule has 1 aromatic rings. The van der Waals surface area contributed by atoms with E-state index >= 15 is 0 Å². The van der Waals surface area contributed by atoms with Crippen molar-refractivity contribution in [3.63, 3.8) is 0 Å². The first kappa shape index (κ1) is 15.6. The standard InChI is InChI=1S/C14H24N.BrH/c1-4-6-9-14(5-2)12-15-10-7-8-13(3)11-15;/h7-8,10-11,14H,4-6,9,12H2,1-3H3;1H/q+1;/p-1. The molecule has 0 aliphatic rings. The fraction of sp³-hybridized carbons (Fsp3) is 0.643. The minimum atomic E-state index is 0. The predicted octanol–water partition coefficient (Wildman–Crippen LogP) is 0.503. The largest absolute Gasteiger partial charge is 1.00 e. The van der Waals surface area contributed by atoms with Crippen LogP contribution < -0.4 is 21.5 Å². The van der Waals surface area contributed by atoms with Crippen molar-refractivity contribution in [1.29, 1.82) is 0 Å². The van der Waals surface area contributed by atoms with Gasteiger partial charge in [0.15, 0.2) is 18.9 Å². The number of nitrogens with zero attached hydrogens (tertiary/aromatic N) is 1. The quantitative estimate of drug-likeness (QED) is 0.671. The van der Waals surface area contributed by atoms with Crippen LogP contribution in [0.3, 0.4) is 0 Å². The molecule has 2 heteroatoms. The lowest BCUT2D eigenvalue weighted by Crippen LogP contribution is -3.00. The lowest BCUT2D eigenvalue weighted by Gasteiger charge is -2.10. The first-order chi connectivity index (χ1) is 7.26. The summed E-state index contributed by atoms with van der Waals surface area (Å²) in [5.74, 6) is 0.844. The van der Waals surface area contributed by atoms with E-state index in [2.05, 4.69) is 49.9 Å². The van der Waals surface area contributed by atoms with E-state index in [0.717, 1.165) is 5.92 Å². The molecule has 0 bridgehead atoms. The SMILES string of the molecule is CCCCC(CC)C[n+]1cccc(C)c1.[Br-]. The molecule has 0 N–H and O–H groups in total. The Balaban J connectivity index is 0.00000225. The Morgan fingerprint density at radius 3 is 2.62 bits per heavy atom. The van der Waals surface area contributed by atoms with Gasteiger partial charge in [-0.1, -0.05) is 26.7 Å². The van der Waals surface area contributed by atoms with E-state index in [0.29, 0.717) is 0 Å². The third-order valence-corrected chi connectivity index (χ3v) is 3.02. The Kier molecular flexibility index (Phi) is 8.54. The molecule has 0 spiro atoms. The molecule has 0 saturated carbocycles. The van der Waals surface area contributed by atoms with Crippen molar-refractivity contribution in [3.05, 3.63) is 30.1 Å². The topological polar surface area (TPSA) is 3.88 Å². The third kappa shape index (κ3) is 5.64. The molecular formula is C14H24BrN. The molecule has 0 radical (unpaired) electrons. The van der Waals surface area contributed by atoms with Crippen LogP contribution in [0.4, 0.5) is 0 Å². The molecule has 0 aromatic carbocycles. The van der Waals surface area contributed by atoms with E-state index in [4.69, 9.17) is 0 Å². The van der Waals surface area contributed by atoms with Crippen LogP contribution in [0.25, 0.3) is 0 Å². The minimum Gasteiger partial charge on any atom is -1.00 e. The van der Waals surface area contributed by atoms with Gasteiger partial charge in [-0.15, -0.1) is 0 Å². The monoisotopic (exact) mass is 285 g/mol. The molecule has 1 atom stereocenters. The summed E-state index contributed by atoms with van der Waals surface area (Å²) in [6, 6.07) is 4.30. The molecular weight excluding hydrogens is 262 g/mol. The summed E-state index contributed by atoms with van der Waals surface area (Å²) >= 11 is 0. The molecule has 0 saturated heterocycles. The molecule has 0 amide bonds. The molecule has 0 aliphatic carbocycles. The van der Waals surface area contributed by atoms with Crippen LogP contribution in [0.5, 0.6) is 0 Å². The van der Waals surface area contributed by atoms with E-state index in [1.807, 2.05) is 0 Å². The number of unbranched alkanes of at least 4 members (excludes halogenated alkanes) is 1. The number of hydrogen-bond acceptors (Lipinski definition) is 0. The van der Waals surface area contributed by atoms with E-state index in [-0.39, 0.29) is 17.0 Å². The van der Waals surface area contributed by atoms with Gasteiger partial charge in [0.05, 0.1) is 0 Å². The molecule has 1 unspecified atom stereocenters. The van der Waals surface area contributed by atoms with Gasteiger partial charge in [0, 0.05) is 17.5 Å². The fourth-order valence-corrected chi connectivity index (χ4v) is 1.98. The Hall–Kier alpha value is -0.370. The van der Waals surface area contributed by atoms with Crippen LogP contribution in [0, 0.1) is 12.8 Å². The van der Waals surface area contributed by atoms with Gasteiger partial charge in [-0.05, 0) is 25.8 Å². The van der Waals surface area contributed by atoms with Gasteiger partial charge >= 0.3 is 0 Å². The number of pyridine rings is 1. The smallest absolute Gasteiger partial charge is 0.171 e. The van der Waals surface area contributed by atoms with Gasteiger partial charge in [-0.25, -0.2) is 4.57 Å². The second-order valence-electron chi connectivity index (χ2n) is 4.49. The van der Waals surface area contributed by atoms with Crippen molar-refractivity contribution in [3.8, 4) is 0 Å². The summed E-state index contributed by atoms with van der Waals surface area (Å²) in [6.07, 6.45) is 9.77. The average Bonchev–Trinajstić information content (AvgIpc) is 2.24. The minimum absolute atomic E-state index is 0. The molecule has 92 valence electrons. The summed E-state index contributed by atoms with van der Waals surface area (Å²) in [4.78, 5) is 0. The Morgan fingerprint density at radius 2 is 2.06 bits per heavy atom. The predicted molar refractivity (Wildman–Crippen MR) is 64.7 cm³/mol. The zero-order valence-electron chi connectivity index (χ0n) is 10.7. The third-order valence-electron chi connectivity index (χ3n) is 3.02. The Bertz CT molecular complexity index is 286. The van der Waals surface area contributed by atoms with Gasteiger partial charge in [-0.2, -0.15) is 0 Å². The molecule has 0 fully saturated rings. The van der Waals surface area contributed by atoms with Gasteiger partial charge in [0.1, 0.15) is 0 Å². The number of rotatable bonds is 6. The van der Waals surface area contributed by atoms with Crippen LogP contribution in [0.1, 0.15) is 45.1 Å². The van der Waals surface area contributed by atoms with Crippen LogP contribution in [-0.4, -0.2) is 0 Å². The molecule has 1 heterocycles. The van der Waals surface area contributed by atoms with Gasteiger partial charge in [0.2, 0.25) is 0 Å². The number of halogens is 1. The Morgan fingerprint density at radius 1 is 1.31 bits per heavy atom. The molecule has 1 nitrogen and oxygen atoms in total. The zero-order valence-corrected chi connectivity index (χ0v) is 12.3. The van der Waals surface area contributed by atoms with Gasteiger partial charge < -0.3 is 17.0 Å². The van der Waals surface area contributed by atoms with E-state index in [1.165, 1.54) is 37.8 Å². The van der Waals surface area contributed by atoms with E-state index < -0.39 is 0 Å². The summed E-state index contributed by atoms with van der Waals surface area (Å²) in [6.45, 7) is 7.91. The average molecular weight is 286 g/mol. The van der Waals surface area contributed by atoms with Crippen molar-refractivity contribution in [1.82, 2.24) is 0 Å². The highest BCUT2D eigenvalue weighted by Gasteiger charge is 2.11. The summed E-state index contributed by atoms with van der Waals surface area (Å²) < 4.78 is 2.33. The van der Waals surface area contributed by atoms with Crippen LogP contribution in [0.2, 0.25) is 0 Å². The first-order valence-electron chi connectivity index (χ1n) is 6.22.